The van der Waals surface area contributed by atoms with E-state index in [0.29, 0.717) is 27.6 Å². The molecule has 0 bridgehead atoms. The first kappa shape index (κ1) is 16.3. The van der Waals surface area contributed by atoms with Crippen molar-refractivity contribution in [1.29, 1.82) is 0 Å². The first-order chi connectivity index (χ1) is 11.6. The van der Waals surface area contributed by atoms with Gasteiger partial charge in [0, 0.05) is 11.1 Å². The summed E-state index contributed by atoms with van der Waals surface area (Å²) in [4.78, 5) is 24.9. The fraction of sp³-hybridized carbons (Fsp3) is 0.222. The van der Waals surface area contributed by atoms with Gasteiger partial charge >= 0.3 is 0 Å². The molecule has 6 heteroatoms. The fourth-order valence-corrected chi connectivity index (χ4v) is 2.50. The van der Waals surface area contributed by atoms with Gasteiger partial charge < -0.3 is 15.4 Å². The molecule has 0 spiro atoms. The van der Waals surface area contributed by atoms with Gasteiger partial charge in [0.1, 0.15) is 5.75 Å². The van der Waals surface area contributed by atoms with Crippen molar-refractivity contribution in [3.05, 3.63) is 58.6 Å². The number of carbonyl (C=O) groups is 2. The standard InChI is InChI=1S/C18H17ClN2O3/c1-24-16-9-6-11(19)10-14(16)18(23)21-15-5-3-2-4-13(15)17(22)20-12-7-8-12/h2-6,9-10,12H,7-8H2,1H3,(H,20,22)(H,21,23). The molecule has 0 atom stereocenters. The predicted octanol–water partition coefficient (Wildman–Crippen LogP) is 3.49. The first-order valence-corrected chi connectivity index (χ1v) is 8.01. The minimum atomic E-state index is -0.388. The number of nitrogens with one attached hydrogen (secondary N) is 2. The molecule has 2 N–H and O–H groups in total. The molecule has 124 valence electrons. The minimum Gasteiger partial charge on any atom is -0.496 e. The number of rotatable bonds is 5. The maximum absolute atomic E-state index is 12.6. The molecule has 2 amide bonds. The van der Waals surface area contributed by atoms with Gasteiger partial charge in [0.05, 0.1) is 23.9 Å². The summed E-state index contributed by atoms with van der Waals surface area (Å²) in [6.45, 7) is 0. The van der Waals surface area contributed by atoms with Gasteiger partial charge in [-0.1, -0.05) is 23.7 Å². The van der Waals surface area contributed by atoms with E-state index in [9.17, 15) is 9.59 Å². The van der Waals surface area contributed by atoms with Crippen LogP contribution in [0.15, 0.2) is 42.5 Å². The van der Waals surface area contributed by atoms with Crippen molar-refractivity contribution in [3.8, 4) is 5.75 Å². The van der Waals surface area contributed by atoms with Gasteiger partial charge in [-0.25, -0.2) is 0 Å². The molecule has 1 fully saturated rings. The summed E-state index contributed by atoms with van der Waals surface area (Å²) in [6, 6.07) is 11.9. The number of anilines is 1. The lowest BCUT2D eigenvalue weighted by Gasteiger charge is -2.13. The summed E-state index contributed by atoms with van der Waals surface area (Å²) in [5.41, 5.74) is 1.18. The Morgan fingerprint density at radius 1 is 1.08 bits per heavy atom. The van der Waals surface area contributed by atoms with E-state index in [-0.39, 0.29) is 17.9 Å². The molecule has 0 unspecified atom stereocenters. The van der Waals surface area contributed by atoms with Crippen LogP contribution in [0.2, 0.25) is 5.02 Å². The van der Waals surface area contributed by atoms with Crippen LogP contribution >= 0.6 is 11.6 Å². The number of methoxy groups -OCH3 is 1. The van der Waals surface area contributed by atoms with Gasteiger partial charge in [-0.3, -0.25) is 9.59 Å². The second-order valence-corrected chi connectivity index (χ2v) is 6.03. The highest BCUT2D eigenvalue weighted by Gasteiger charge is 2.25. The molecule has 1 saturated carbocycles. The third-order valence-electron chi connectivity index (χ3n) is 3.74. The van der Waals surface area contributed by atoms with Crippen molar-refractivity contribution >= 4 is 29.1 Å². The summed E-state index contributed by atoms with van der Waals surface area (Å²) in [7, 11) is 1.48. The largest absolute Gasteiger partial charge is 0.496 e. The van der Waals surface area contributed by atoms with Gasteiger partial charge in [-0.05, 0) is 43.2 Å². The van der Waals surface area contributed by atoms with Crippen LogP contribution in [-0.2, 0) is 0 Å². The van der Waals surface area contributed by atoms with Gasteiger partial charge in [0.15, 0.2) is 0 Å². The van der Waals surface area contributed by atoms with Crippen molar-refractivity contribution in [2.75, 3.05) is 12.4 Å². The van der Waals surface area contributed by atoms with E-state index in [1.54, 1.807) is 36.4 Å². The second kappa shape index (κ2) is 6.93. The van der Waals surface area contributed by atoms with E-state index in [1.807, 2.05) is 0 Å². The lowest BCUT2D eigenvalue weighted by atomic mass is 10.1. The van der Waals surface area contributed by atoms with Crippen molar-refractivity contribution < 1.29 is 14.3 Å². The Bertz CT molecular complexity index is 788. The van der Waals surface area contributed by atoms with Crippen molar-refractivity contribution in [2.45, 2.75) is 18.9 Å². The van der Waals surface area contributed by atoms with E-state index < -0.39 is 0 Å². The highest BCUT2D eigenvalue weighted by molar-refractivity contribution is 6.31. The molecule has 2 aromatic carbocycles. The van der Waals surface area contributed by atoms with Crippen molar-refractivity contribution in [1.82, 2.24) is 5.32 Å². The van der Waals surface area contributed by atoms with E-state index in [1.165, 1.54) is 13.2 Å². The average molecular weight is 345 g/mol. The van der Waals surface area contributed by atoms with E-state index in [2.05, 4.69) is 10.6 Å². The number of hydrogen-bond acceptors (Lipinski definition) is 3. The zero-order chi connectivity index (χ0) is 17.1. The number of para-hydroxylation sites is 1. The van der Waals surface area contributed by atoms with E-state index in [4.69, 9.17) is 16.3 Å². The summed E-state index contributed by atoms with van der Waals surface area (Å²) in [6.07, 6.45) is 2.00. The minimum absolute atomic E-state index is 0.188. The van der Waals surface area contributed by atoms with E-state index >= 15 is 0 Å². The van der Waals surface area contributed by atoms with Crippen LogP contribution in [-0.4, -0.2) is 25.0 Å². The molecule has 1 aliphatic carbocycles. The molecule has 5 nitrogen and oxygen atoms in total. The smallest absolute Gasteiger partial charge is 0.259 e. The molecule has 24 heavy (non-hydrogen) atoms. The maximum atomic E-state index is 12.6. The summed E-state index contributed by atoms with van der Waals surface area (Å²) >= 11 is 5.97. The van der Waals surface area contributed by atoms with Crippen LogP contribution in [0.3, 0.4) is 0 Å². The molecular weight excluding hydrogens is 328 g/mol. The summed E-state index contributed by atoms with van der Waals surface area (Å²) in [5.74, 6) is -0.163. The SMILES string of the molecule is COc1ccc(Cl)cc1C(=O)Nc1ccccc1C(=O)NC1CC1. The molecule has 0 aromatic heterocycles. The number of ether oxygens (including phenoxy) is 1. The molecule has 3 rings (SSSR count). The Labute approximate surface area is 145 Å². The van der Waals surface area contributed by atoms with Crippen LogP contribution in [0.5, 0.6) is 5.75 Å². The van der Waals surface area contributed by atoms with Gasteiger partial charge in [0.25, 0.3) is 11.8 Å². The molecule has 0 saturated heterocycles. The number of halogens is 1. The molecule has 0 heterocycles. The van der Waals surface area contributed by atoms with Crippen LogP contribution < -0.4 is 15.4 Å². The number of carbonyl (C=O) groups excluding carboxylic acids is 2. The Morgan fingerprint density at radius 2 is 1.83 bits per heavy atom. The van der Waals surface area contributed by atoms with Crippen LogP contribution in [0.4, 0.5) is 5.69 Å². The highest BCUT2D eigenvalue weighted by atomic mass is 35.5. The van der Waals surface area contributed by atoms with Crippen molar-refractivity contribution in [3.63, 3.8) is 0 Å². The maximum Gasteiger partial charge on any atom is 0.259 e. The third kappa shape index (κ3) is 3.68. The average Bonchev–Trinajstić information content (AvgIpc) is 3.39. The van der Waals surface area contributed by atoms with Gasteiger partial charge in [0.2, 0.25) is 0 Å². The quantitative estimate of drug-likeness (QED) is 0.872. The fourth-order valence-electron chi connectivity index (χ4n) is 2.33. The van der Waals surface area contributed by atoms with Gasteiger partial charge in [-0.2, -0.15) is 0 Å². The zero-order valence-electron chi connectivity index (χ0n) is 13.1. The predicted molar refractivity (Wildman–Crippen MR) is 92.9 cm³/mol. The van der Waals surface area contributed by atoms with Crippen LogP contribution in [0.25, 0.3) is 0 Å². The van der Waals surface area contributed by atoms with Crippen LogP contribution in [0.1, 0.15) is 33.6 Å². The topological polar surface area (TPSA) is 67.4 Å². The molecular formula is C18H17ClN2O3. The Kier molecular flexibility index (Phi) is 4.71. The molecule has 0 aliphatic heterocycles. The Hall–Kier alpha value is -2.53. The third-order valence-corrected chi connectivity index (χ3v) is 3.97. The van der Waals surface area contributed by atoms with E-state index in [0.717, 1.165) is 12.8 Å². The number of benzene rings is 2. The molecule has 1 aliphatic rings. The highest BCUT2D eigenvalue weighted by Crippen LogP contribution is 2.25. The summed E-state index contributed by atoms with van der Waals surface area (Å²) in [5, 5.41) is 6.12. The molecule has 2 aromatic rings. The molecule has 0 radical (unpaired) electrons. The Morgan fingerprint density at radius 3 is 2.54 bits per heavy atom. The van der Waals surface area contributed by atoms with Crippen LogP contribution in [0, 0.1) is 0 Å². The zero-order valence-corrected chi connectivity index (χ0v) is 13.9. The normalized spacial score (nSPS) is 13.2. The summed E-state index contributed by atoms with van der Waals surface area (Å²) < 4.78 is 5.20. The second-order valence-electron chi connectivity index (χ2n) is 5.59. The lowest BCUT2D eigenvalue weighted by molar-refractivity contribution is 0.0952. The number of hydrogen-bond donors (Lipinski definition) is 2. The monoisotopic (exact) mass is 344 g/mol. The first-order valence-electron chi connectivity index (χ1n) is 7.63. The van der Waals surface area contributed by atoms with Gasteiger partial charge in [-0.15, -0.1) is 0 Å². The Balaban J connectivity index is 1.84. The van der Waals surface area contributed by atoms with Crippen molar-refractivity contribution in [2.24, 2.45) is 0 Å². The lowest BCUT2D eigenvalue weighted by Crippen LogP contribution is -2.27. The number of amides is 2.